The van der Waals surface area contributed by atoms with Gasteiger partial charge in [0.25, 0.3) is 5.56 Å². The van der Waals surface area contributed by atoms with Crippen LogP contribution in [0.15, 0.2) is 59.5 Å². The standard InChI is InChI=1S/C24H27N7O/c1-29-20(14-19-11-5-6-12-26-19)27-22-21(23(29)32)31(15-17-8-3-2-4-9-17)24(28-22)30-13-7-10-18(25)16-30/h2-6,8-9,11-12,18H,7,10,13-16,25H2,1H3. The lowest BCUT2D eigenvalue weighted by molar-refractivity contribution is 0.495. The van der Waals surface area contributed by atoms with Crippen LogP contribution in [-0.4, -0.2) is 43.2 Å². The highest BCUT2D eigenvalue weighted by atomic mass is 16.1. The summed E-state index contributed by atoms with van der Waals surface area (Å²) in [5.74, 6) is 1.41. The van der Waals surface area contributed by atoms with Gasteiger partial charge in [-0.25, -0.2) is 4.98 Å². The van der Waals surface area contributed by atoms with Crippen LogP contribution in [0.25, 0.3) is 11.2 Å². The molecule has 0 saturated carbocycles. The Morgan fingerprint density at radius 1 is 1.09 bits per heavy atom. The molecule has 0 aliphatic carbocycles. The first kappa shape index (κ1) is 20.4. The predicted octanol–water partition coefficient (Wildman–Crippen LogP) is 2.09. The highest BCUT2D eigenvalue weighted by Gasteiger charge is 2.25. The van der Waals surface area contributed by atoms with E-state index in [0.29, 0.717) is 30.0 Å². The molecule has 4 heterocycles. The minimum atomic E-state index is -0.100. The molecule has 1 saturated heterocycles. The van der Waals surface area contributed by atoms with Crippen molar-refractivity contribution in [1.29, 1.82) is 0 Å². The van der Waals surface area contributed by atoms with Crippen molar-refractivity contribution < 1.29 is 0 Å². The molecule has 8 nitrogen and oxygen atoms in total. The maximum atomic E-state index is 13.5. The van der Waals surface area contributed by atoms with Crippen LogP contribution in [0.4, 0.5) is 5.95 Å². The first-order valence-corrected chi connectivity index (χ1v) is 11.0. The molecular formula is C24H27N7O. The van der Waals surface area contributed by atoms with E-state index in [0.717, 1.165) is 43.1 Å². The Bertz CT molecular complexity index is 1280. The lowest BCUT2D eigenvalue weighted by Gasteiger charge is -2.31. The summed E-state index contributed by atoms with van der Waals surface area (Å²) >= 11 is 0. The van der Waals surface area contributed by atoms with Gasteiger partial charge in [0.2, 0.25) is 5.95 Å². The molecule has 3 aromatic heterocycles. The molecule has 0 radical (unpaired) electrons. The summed E-state index contributed by atoms with van der Waals surface area (Å²) in [6.07, 6.45) is 4.23. The van der Waals surface area contributed by atoms with E-state index in [1.165, 1.54) is 0 Å². The Morgan fingerprint density at radius 3 is 2.66 bits per heavy atom. The molecule has 5 rings (SSSR count). The van der Waals surface area contributed by atoms with Crippen molar-refractivity contribution >= 4 is 17.1 Å². The van der Waals surface area contributed by atoms with E-state index >= 15 is 0 Å². The molecule has 0 bridgehead atoms. The minimum Gasteiger partial charge on any atom is -0.341 e. The predicted molar refractivity (Wildman–Crippen MR) is 125 cm³/mol. The number of nitrogens with zero attached hydrogens (tertiary/aromatic N) is 6. The van der Waals surface area contributed by atoms with E-state index in [1.54, 1.807) is 17.8 Å². The number of piperidine rings is 1. The zero-order chi connectivity index (χ0) is 22.1. The van der Waals surface area contributed by atoms with E-state index in [4.69, 9.17) is 15.7 Å². The number of rotatable bonds is 5. The molecular weight excluding hydrogens is 402 g/mol. The first-order chi connectivity index (χ1) is 15.6. The van der Waals surface area contributed by atoms with Gasteiger partial charge in [0.15, 0.2) is 11.2 Å². The molecule has 0 amide bonds. The van der Waals surface area contributed by atoms with Gasteiger partial charge in [-0.05, 0) is 30.5 Å². The molecule has 8 heteroatoms. The molecule has 2 N–H and O–H groups in total. The van der Waals surface area contributed by atoms with Crippen LogP contribution in [0.1, 0.15) is 29.9 Å². The normalized spacial score (nSPS) is 16.6. The fourth-order valence-electron chi connectivity index (χ4n) is 4.36. The average Bonchev–Trinajstić information content (AvgIpc) is 3.17. The summed E-state index contributed by atoms with van der Waals surface area (Å²) in [7, 11) is 1.77. The molecule has 4 aromatic rings. The number of anilines is 1. The molecule has 1 fully saturated rings. The van der Waals surface area contributed by atoms with Gasteiger partial charge in [0.1, 0.15) is 5.82 Å². The number of fused-ring (bicyclic) bond motifs is 1. The van der Waals surface area contributed by atoms with Gasteiger partial charge in [-0.3, -0.25) is 18.9 Å². The van der Waals surface area contributed by atoms with Crippen molar-refractivity contribution in [3.63, 3.8) is 0 Å². The third kappa shape index (κ3) is 3.89. The maximum Gasteiger partial charge on any atom is 0.279 e. The summed E-state index contributed by atoms with van der Waals surface area (Å²) in [6, 6.07) is 16.0. The van der Waals surface area contributed by atoms with Gasteiger partial charge in [-0.1, -0.05) is 36.4 Å². The maximum absolute atomic E-state index is 13.5. The summed E-state index contributed by atoms with van der Waals surface area (Å²) in [6.45, 7) is 2.14. The smallest absolute Gasteiger partial charge is 0.279 e. The van der Waals surface area contributed by atoms with Crippen molar-refractivity contribution in [2.75, 3.05) is 18.0 Å². The topological polar surface area (TPSA) is 94.9 Å². The molecule has 1 unspecified atom stereocenters. The zero-order valence-corrected chi connectivity index (χ0v) is 18.2. The molecule has 164 valence electrons. The van der Waals surface area contributed by atoms with Gasteiger partial charge in [0, 0.05) is 44.5 Å². The van der Waals surface area contributed by atoms with Crippen molar-refractivity contribution in [2.45, 2.75) is 31.8 Å². The Labute approximate surface area is 186 Å². The van der Waals surface area contributed by atoms with Crippen LogP contribution >= 0.6 is 0 Å². The van der Waals surface area contributed by atoms with Gasteiger partial charge in [-0.2, -0.15) is 4.98 Å². The third-order valence-electron chi connectivity index (χ3n) is 6.05. The van der Waals surface area contributed by atoms with E-state index in [-0.39, 0.29) is 11.6 Å². The summed E-state index contributed by atoms with van der Waals surface area (Å²) < 4.78 is 3.62. The Balaban J connectivity index is 1.65. The third-order valence-corrected chi connectivity index (χ3v) is 6.05. The quantitative estimate of drug-likeness (QED) is 0.522. The fraction of sp³-hybridized carbons (Fsp3) is 0.333. The Hall–Kier alpha value is -3.52. The molecule has 0 spiro atoms. The molecule has 32 heavy (non-hydrogen) atoms. The molecule has 1 aromatic carbocycles. The Morgan fingerprint density at radius 2 is 1.91 bits per heavy atom. The van der Waals surface area contributed by atoms with Crippen LogP contribution in [0, 0.1) is 0 Å². The van der Waals surface area contributed by atoms with Crippen LogP contribution in [0.2, 0.25) is 0 Å². The van der Waals surface area contributed by atoms with Crippen molar-refractivity contribution in [3.8, 4) is 0 Å². The number of nitrogens with two attached hydrogens (primary N) is 1. The zero-order valence-electron chi connectivity index (χ0n) is 18.2. The number of pyridine rings is 1. The monoisotopic (exact) mass is 429 g/mol. The largest absolute Gasteiger partial charge is 0.341 e. The van der Waals surface area contributed by atoms with Gasteiger partial charge in [0.05, 0.1) is 6.54 Å². The van der Waals surface area contributed by atoms with E-state index in [2.05, 4.69) is 22.0 Å². The lowest BCUT2D eigenvalue weighted by Crippen LogP contribution is -2.44. The highest BCUT2D eigenvalue weighted by Crippen LogP contribution is 2.24. The molecule has 1 atom stereocenters. The summed E-state index contributed by atoms with van der Waals surface area (Å²) in [5, 5.41) is 0. The second-order valence-electron chi connectivity index (χ2n) is 8.39. The van der Waals surface area contributed by atoms with Crippen molar-refractivity contribution in [3.05, 3.63) is 82.2 Å². The summed E-state index contributed by atoms with van der Waals surface area (Å²) in [4.78, 5) is 29.7. The van der Waals surface area contributed by atoms with Gasteiger partial charge < -0.3 is 10.6 Å². The minimum absolute atomic E-state index is 0.100. The Kier molecular flexibility index (Phi) is 5.45. The SMILES string of the molecule is Cn1c(Cc2ccccn2)nc2nc(N3CCCC(N)C3)n(Cc3ccccc3)c2c1=O. The van der Waals surface area contributed by atoms with Crippen LogP contribution < -0.4 is 16.2 Å². The number of benzene rings is 1. The number of imidazole rings is 1. The summed E-state index contributed by atoms with van der Waals surface area (Å²) in [5.41, 5.74) is 9.12. The van der Waals surface area contributed by atoms with E-state index < -0.39 is 0 Å². The highest BCUT2D eigenvalue weighted by molar-refractivity contribution is 5.74. The number of hydrogen-bond donors (Lipinski definition) is 1. The fourth-order valence-corrected chi connectivity index (χ4v) is 4.36. The van der Waals surface area contributed by atoms with Crippen LogP contribution in [0.5, 0.6) is 0 Å². The second kappa shape index (κ2) is 8.55. The molecule has 1 aliphatic heterocycles. The average molecular weight is 430 g/mol. The van der Waals surface area contributed by atoms with Gasteiger partial charge in [-0.15, -0.1) is 0 Å². The molecule has 1 aliphatic rings. The second-order valence-corrected chi connectivity index (χ2v) is 8.39. The number of aromatic nitrogens is 5. The lowest BCUT2D eigenvalue weighted by atomic mass is 10.1. The van der Waals surface area contributed by atoms with Crippen molar-refractivity contribution in [2.24, 2.45) is 12.8 Å². The van der Waals surface area contributed by atoms with E-state index in [9.17, 15) is 4.79 Å². The van der Waals surface area contributed by atoms with Crippen LogP contribution in [0.3, 0.4) is 0 Å². The van der Waals surface area contributed by atoms with Crippen molar-refractivity contribution in [1.82, 2.24) is 24.1 Å². The van der Waals surface area contributed by atoms with Gasteiger partial charge >= 0.3 is 0 Å². The van der Waals surface area contributed by atoms with Crippen LogP contribution in [-0.2, 0) is 20.0 Å². The number of hydrogen-bond acceptors (Lipinski definition) is 6. The first-order valence-electron chi connectivity index (χ1n) is 11.0. The van der Waals surface area contributed by atoms with E-state index in [1.807, 2.05) is 41.0 Å².